The van der Waals surface area contributed by atoms with E-state index >= 15 is 0 Å². The molecule has 5 rings (SSSR count). The number of pyridine rings is 2. The highest BCUT2D eigenvalue weighted by Gasteiger charge is 2.12. The van der Waals surface area contributed by atoms with Gasteiger partial charge in [0.15, 0.2) is 5.82 Å². The monoisotopic (exact) mass is 368 g/mol. The molecule has 0 bridgehead atoms. The Morgan fingerprint density at radius 3 is 2.61 bits per heavy atom. The smallest absolute Gasteiger partial charge is 0.261 e. The molecular weight excluding hydrogens is 352 g/mol. The van der Waals surface area contributed by atoms with Gasteiger partial charge in [-0.25, -0.2) is 4.98 Å². The van der Waals surface area contributed by atoms with E-state index in [1.807, 2.05) is 36.4 Å². The van der Waals surface area contributed by atoms with Crippen molar-refractivity contribution in [3.05, 3.63) is 89.2 Å². The summed E-state index contributed by atoms with van der Waals surface area (Å²) in [6.45, 7) is 0.608. The average molecular weight is 368 g/mol. The van der Waals surface area contributed by atoms with Gasteiger partial charge in [-0.15, -0.1) is 5.10 Å². The van der Waals surface area contributed by atoms with Gasteiger partial charge in [0.25, 0.3) is 11.3 Å². The number of hydrogen-bond acceptors (Lipinski definition) is 5. The van der Waals surface area contributed by atoms with Gasteiger partial charge in [0.1, 0.15) is 0 Å². The predicted octanol–water partition coefficient (Wildman–Crippen LogP) is 2.74. The minimum absolute atomic E-state index is 0.0798. The van der Waals surface area contributed by atoms with Gasteiger partial charge < -0.3 is 4.57 Å². The Morgan fingerprint density at radius 2 is 1.79 bits per heavy atom. The molecule has 0 saturated carbocycles. The lowest BCUT2D eigenvalue weighted by atomic mass is 10.1. The minimum atomic E-state index is -0.0798. The lowest BCUT2D eigenvalue weighted by Crippen LogP contribution is -2.21. The van der Waals surface area contributed by atoms with Gasteiger partial charge in [0.05, 0.1) is 10.9 Å². The van der Waals surface area contributed by atoms with Crippen LogP contribution in [-0.2, 0) is 13.0 Å². The molecule has 0 aliphatic rings. The first-order valence-electron chi connectivity index (χ1n) is 8.99. The van der Waals surface area contributed by atoms with Crippen molar-refractivity contribution < 1.29 is 0 Å². The van der Waals surface area contributed by atoms with Gasteiger partial charge in [0.2, 0.25) is 0 Å². The van der Waals surface area contributed by atoms with Crippen LogP contribution in [0.25, 0.3) is 28.1 Å². The largest absolute Gasteiger partial charge is 0.314 e. The van der Waals surface area contributed by atoms with Crippen molar-refractivity contribution in [2.24, 2.45) is 0 Å². The van der Waals surface area contributed by atoms with Crippen molar-refractivity contribution in [2.75, 3.05) is 0 Å². The Hall–Kier alpha value is -3.87. The molecule has 0 saturated heterocycles. The molecule has 0 amide bonds. The highest BCUT2D eigenvalue weighted by Crippen LogP contribution is 2.17. The zero-order chi connectivity index (χ0) is 18.9. The van der Waals surface area contributed by atoms with Crippen molar-refractivity contribution in [1.82, 2.24) is 29.1 Å². The van der Waals surface area contributed by atoms with Crippen LogP contribution in [0.5, 0.6) is 0 Å². The molecule has 0 N–H and O–H groups in total. The summed E-state index contributed by atoms with van der Waals surface area (Å²) in [5.74, 6) is 1.01. The van der Waals surface area contributed by atoms with E-state index in [2.05, 4.69) is 32.2 Å². The maximum atomic E-state index is 12.9. The standard InChI is InChI=1S/C21H16N6O/c28-20-17-14-23-21-24-19(16-6-10-22-11-7-16)25-27(21)18(17)9-13-26(20)12-8-15-4-2-1-3-5-15/h1-7,9-11,13-14H,8,12H2. The molecule has 0 radical (unpaired) electrons. The molecule has 0 spiro atoms. The first-order valence-corrected chi connectivity index (χ1v) is 8.99. The molecular formula is C21H16N6O. The van der Waals surface area contributed by atoms with Crippen LogP contribution in [0.3, 0.4) is 0 Å². The first kappa shape index (κ1) is 16.3. The van der Waals surface area contributed by atoms with E-state index in [1.165, 1.54) is 5.56 Å². The topological polar surface area (TPSA) is 78.0 Å². The van der Waals surface area contributed by atoms with Gasteiger partial charge in [-0.2, -0.15) is 9.50 Å². The maximum absolute atomic E-state index is 12.9. The molecule has 7 nitrogen and oxygen atoms in total. The fourth-order valence-corrected chi connectivity index (χ4v) is 3.25. The lowest BCUT2D eigenvalue weighted by molar-refractivity contribution is 0.674. The third-order valence-corrected chi connectivity index (χ3v) is 4.73. The van der Waals surface area contributed by atoms with Crippen LogP contribution in [0.15, 0.2) is 78.1 Å². The van der Waals surface area contributed by atoms with Gasteiger partial charge in [-0.3, -0.25) is 9.78 Å². The van der Waals surface area contributed by atoms with Crippen LogP contribution >= 0.6 is 0 Å². The molecule has 0 atom stereocenters. The molecule has 0 unspecified atom stereocenters. The molecule has 28 heavy (non-hydrogen) atoms. The summed E-state index contributed by atoms with van der Waals surface area (Å²) >= 11 is 0. The maximum Gasteiger partial charge on any atom is 0.261 e. The van der Waals surface area contributed by atoms with E-state index in [1.54, 1.807) is 33.9 Å². The summed E-state index contributed by atoms with van der Waals surface area (Å²) in [5, 5.41) is 5.07. The van der Waals surface area contributed by atoms with E-state index in [0.717, 1.165) is 12.0 Å². The van der Waals surface area contributed by atoms with Gasteiger partial charge in [0, 0.05) is 36.9 Å². The summed E-state index contributed by atoms with van der Waals surface area (Å²) in [6.07, 6.45) is 7.56. The molecule has 0 fully saturated rings. The fraction of sp³-hybridized carbons (Fsp3) is 0.0952. The van der Waals surface area contributed by atoms with Crippen LogP contribution in [-0.4, -0.2) is 29.1 Å². The summed E-state index contributed by atoms with van der Waals surface area (Å²) in [7, 11) is 0. The second-order valence-electron chi connectivity index (χ2n) is 6.49. The second-order valence-corrected chi connectivity index (χ2v) is 6.49. The van der Waals surface area contributed by atoms with Crippen molar-refractivity contribution >= 4 is 16.7 Å². The zero-order valence-corrected chi connectivity index (χ0v) is 14.9. The van der Waals surface area contributed by atoms with E-state index in [9.17, 15) is 4.79 Å². The summed E-state index contributed by atoms with van der Waals surface area (Å²) in [5.41, 5.74) is 2.66. The molecule has 1 aromatic carbocycles. The van der Waals surface area contributed by atoms with E-state index in [-0.39, 0.29) is 5.56 Å². The van der Waals surface area contributed by atoms with Gasteiger partial charge in [-0.05, 0) is 30.2 Å². The highest BCUT2D eigenvalue weighted by molar-refractivity contribution is 5.79. The molecule has 5 aromatic rings. The Labute approximate surface area is 160 Å². The third-order valence-electron chi connectivity index (χ3n) is 4.73. The summed E-state index contributed by atoms with van der Waals surface area (Å²) in [4.78, 5) is 25.7. The number of rotatable bonds is 4. The van der Waals surface area contributed by atoms with Crippen molar-refractivity contribution in [2.45, 2.75) is 13.0 Å². The minimum Gasteiger partial charge on any atom is -0.314 e. The Balaban J connectivity index is 1.56. The number of aryl methyl sites for hydroxylation is 2. The first-order chi connectivity index (χ1) is 13.8. The Bertz CT molecular complexity index is 1330. The second kappa shape index (κ2) is 6.70. The van der Waals surface area contributed by atoms with Crippen LogP contribution in [0.4, 0.5) is 0 Å². The van der Waals surface area contributed by atoms with Crippen molar-refractivity contribution in [3.63, 3.8) is 0 Å². The van der Waals surface area contributed by atoms with Crippen LogP contribution in [0, 0.1) is 0 Å². The summed E-state index contributed by atoms with van der Waals surface area (Å²) < 4.78 is 3.33. The van der Waals surface area contributed by atoms with Crippen LogP contribution in [0.2, 0.25) is 0 Å². The third kappa shape index (κ3) is 2.83. The van der Waals surface area contributed by atoms with Crippen molar-refractivity contribution in [3.8, 4) is 11.4 Å². The molecule has 4 aromatic heterocycles. The van der Waals surface area contributed by atoms with Crippen LogP contribution in [0.1, 0.15) is 5.56 Å². The molecule has 4 heterocycles. The molecule has 0 aliphatic heterocycles. The lowest BCUT2D eigenvalue weighted by Gasteiger charge is -2.07. The van der Waals surface area contributed by atoms with Crippen molar-refractivity contribution in [1.29, 1.82) is 0 Å². The molecule has 136 valence electrons. The van der Waals surface area contributed by atoms with Crippen LogP contribution < -0.4 is 5.56 Å². The number of nitrogens with zero attached hydrogens (tertiary/aromatic N) is 6. The summed E-state index contributed by atoms with van der Waals surface area (Å²) in [6, 6.07) is 15.7. The number of benzene rings is 1. The van der Waals surface area contributed by atoms with Gasteiger partial charge in [-0.1, -0.05) is 30.3 Å². The van der Waals surface area contributed by atoms with E-state index in [0.29, 0.717) is 29.0 Å². The zero-order valence-electron chi connectivity index (χ0n) is 14.9. The molecule has 0 aliphatic carbocycles. The Kier molecular flexibility index (Phi) is 3.90. The quantitative estimate of drug-likeness (QED) is 0.487. The van der Waals surface area contributed by atoms with E-state index in [4.69, 9.17) is 0 Å². The van der Waals surface area contributed by atoms with E-state index < -0.39 is 0 Å². The number of fused-ring (bicyclic) bond motifs is 3. The fourth-order valence-electron chi connectivity index (χ4n) is 3.25. The number of hydrogen-bond donors (Lipinski definition) is 0. The number of aromatic nitrogens is 6. The normalized spacial score (nSPS) is 11.3. The van der Waals surface area contributed by atoms with Gasteiger partial charge >= 0.3 is 0 Å². The highest BCUT2D eigenvalue weighted by atomic mass is 16.1. The SMILES string of the molecule is O=c1c2cnc3nc(-c4ccncc4)nn3c2ccn1CCc1ccccc1. The molecule has 7 heteroatoms. The average Bonchev–Trinajstić information content (AvgIpc) is 3.19. The predicted molar refractivity (Wildman–Crippen MR) is 106 cm³/mol. The Morgan fingerprint density at radius 1 is 0.964 bits per heavy atom.